The molecular formula is C22H24N2O4. The minimum atomic E-state index is -0.313. The van der Waals surface area contributed by atoms with E-state index in [4.69, 9.17) is 9.47 Å². The minimum absolute atomic E-state index is 0.285. The number of carbonyl (C=O) groups is 2. The average Bonchev–Trinajstić information content (AvgIpc) is 2.94. The number of nitrogens with one attached hydrogen (secondary N) is 1. The predicted molar refractivity (Wildman–Crippen MR) is 108 cm³/mol. The van der Waals surface area contributed by atoms with Gasteiger partial charge in [-0.05, 0) is 55.3 Å². The highest BCUT2D eigenvalue weighted by atomic mass is 16.5. The Labute approximate surface area is 164 Å². The van der Waals surface area contributed by atoms with E-state index in [2.05, 4.69) is 5.32 Å². The molecule has 146 valence electrons. The highest BCUT2D eigenvalue weighted by Crippen LogP contribution is 2.31. The maximum absolute atomic E-state index is 13.0. The summed E-state index contributed by atoms with van der Waals surface area (Å²) in [4.78, 5) is 27.2. The predicted octanol–water partition coefficient (Wildman–Crippen LogP) is 3.70. The first-order valence-corrected chi connectivity index (χ1v) is 9.33. The van der Waals surface area contributed by atoms with Crippen LogP contribution in [0.15, 0.2) is 54.2 Å². The Kier molecular flexibility index (Phi) is 5.99. The van der Waals surface area contributed by atoms with E-state index in [0.29, 0.717) is 42.1 Å². The van der Waals surface area contributed by atoms with Crippen molar-refractivity contribution in [1.29, 1.82) is 0 Å². The molecule has 0 radical (unpaired) electrons. The van der Waals surface area contributed by atoms with Crippen molar-refractivity contribution >= 4 is 23.1 Å². The molecule has 28 heavy (non-hydrogen) atoms. The summed E-state index contributed by atoms with van der Waals surface area (Å²) in [6, 6.07) is 14.4. The summed E-state index contributed by atoms with van der Waals surface area (Å²) in [6.07, 6.45) is 0.698. The number of hydrogen-bond acceptors (Lipinski definition) is 5. The largest absolute Gasteiger partial charge is 0.497 e. The zero-order chi connectivity index (χ0) is 20.1. The van der Waals surface area contributed by atoms with Gasteiger partial charge in [-0.2, -0.15) is 0 Å². The smallest absolute Gasteiger partial charge is 0.278 e. The summed E-state index contributed by atoms with van der Waals surface area (Å²) < 4.78 is 10.6. The van der Waals surface area contributed by atoms with Gasteiger partial charge in [0, 0.05) is 12.2 Å². The second-order valence-electron chi connectivity index (χ2n) is 6.32. The standard InChI is InChI=1S/C22H24N2O4/c1-4-14-24-21(25)19(15-6-10-18(11-7-15)28-5-2)20(22(24)26)23-16-8-12-17(27-3)13-9-16/h6-13,23H,4-5,14H2,1-3H3. The molecule has 0 atom stereocenters. The van der Waals surface area contributed by atoms with Gasteiger partial charge in [-0.1, -0.05) is 19.1 Å². The number of hydrogen-bond donors (Lipinski definition) is 1. The fraction of sp³-hybridized carbons (Fsp3) is 0.273. The molecule has 2 aromatic carbocycles. The third kappa shape index (κ3) is 3.86. The van der Waals surface area contributed by atoms with E-state index < -0.39 is 0 Å². The average molecular weight is 380 g/mol. The van der Waals surface area contributed by atoms with E-state index in [1.807, 2.05) is 26.0 Å². The summed E-state index contributed by atoms with van der Waals surface area (Å²) in [6.45, 7) is 4.79. The molecule has 2 amide bonds. The molecule has 0 aromatic heterocycles. The van der Waals surface area contributed by atoms with Crippen LogP contribution in [-0.4, -0.2) is 37.0 Å². The highest BCUT2D eigenvalue weighted by molar-refractivity contribution is 6.36. The fourth-order valence-electron chi connectivity index (χ4n) is 3.09. The van der Waals surface area contributed by atoms with Crippen molar-refractivity contribution in [2.24, 2.45) is 0 Å². The molecule has 0 aliphatic carbocycles. The van der Waals surface area contributed by atoms with Gasteiger partial charge in [0.15, 0.2) is 0 Å². The van der Waals surface area contributed by atoms with Gasteiger partial charge in [-0.15, -0.1) is 0 Å². The van der Waals surface area contributed by atoms with Gasteiger partial charge in [-0.25, -0.2) is 0 Å². The zero-order valence-electron chi connectivity index (χ0n) is 16.3. The molecule has 0 saturated carbocycles. The Morgan fingerprint density at radius 2 is 1.54 bits per heavy atom. The van der Waals surface area contributed by atoms with Crippen molar-refractivity contribution < 1.29 is 19.1 Å². The Morgan fingerprint density at radius 3 is 2.11 bits per heavy atom. The van der Waals surface area contributed by atoms with Crippen molar-refractivity contribution in [3.63, 3.8) is 0 Å². The van der Waals surface area contributed by atoms with Crippen LogP contribution in [-0.2, 0) is 9.59 Å². The van der Waals surface area contributed by atoms with Crippen molar-refractivity contribution in [1.82, 2.24) is 4.90 Å². The number of nitrogens with zero attached hydrogens (tertiary/aromatic N) is 1. The number of amides is 2. The molecule has 1 N–H and O–H groups in total. The van der Waals surface area contributed by atoms with Crippen molar-refractivity contribution in [3.05, 3.63) is 59.8 Å². The van der Waals surface area contributed by atoms with Crippen LogP contribution in [0.25, 0.3) is 5.57 Å². The first-order valence-electron chi connectivity index (χ1n) is 9.33. The molecule has 0 bridgehead atoms. The molecule has 1 heterocycles. The van der Waals surface area contributed by atoms with Gasteiger partial charge in [0.25, 0.3) is 11.8 Å². The Morgan fingerprint density at radius 1 is 0.893 bits per heavy atom. The molecule has 3 rings (SSSR count). The molecule has 6 nitrogen and oxygen atoms in total. The van der Waals surface area contributed by atoms with Crippen LogP contribution in [0.2, 0.25) is 0 Å². The highest BCUT2D eigenvalue weighted by Gasteiger charge is 2.38. The first kappa shape index (κ1) is 19.5. The number of carbonyl (C=O) groups excluding carboxylic acids is 2. The third-order valence-corrected chi connectivity index (χ3v) is 4.43. The number of rotatable bonds is 8. The van der Waals surface area contributed by atoms with Crippen LogP contribution >= 0.6 is 0 Å². The summed E-state index contributed by atoms with van der Waals surface area (Å²) in [7, 11) is 1.59. The van der Waals surface area contributed by atoms with Crippen LogP contribution in [0, 0.1) is 0 Å². The van der Waals surface area contributed by atoms with E-state index in [9.17, 15) is 9.59 Å². The number of ether oxygens (including phenoxy) is 2. The number of methoxy groups -OCH3 is 1. The van der Waals surface area contributed by atoms with Crippen molar-refractivity contribution in [2.45, 2.75) is 20.3 Å². The van der Waals surface area contributed by atoms with Crippen LogP contribution in [0.5, 0.6) is 11.5 Å². The Bertz CT molecular complexity index is 886. The van der Waals surface area contributed by atoms with Crippen LogP contribution in [0.4, 0.5) is 5.69 Å². The maximum atomic E-state index is 13.0. The van der Waals surface area contributed by atoms with E-state index >= 15 is 0 Å². The summed E-state index contributed by atoms with van der Waals surface area (Å²) in [5, 5.41) is 3.13. The second kappa shape index (κ2) is 8.61. The van der Waals surface area contributed by atoms with Gasteiger partial charge < -0.3 is 14.8 Å². The molecule has 0 spiro atoms. The third-order valence-electron chi connectivity index (χ3n) is 4.43. The van der Waals surface area contributed by atoms with E-state index in [0.717, 1.165) is 5.75 Å². The molecule has 1 aliphatic rings. The Hall–Kier alpha value is -3.28. The summed E-state index contributed by atoms with van der Waals surface area (Å²) >= 11 is 0. The zero-order valence-corrected chi connectivity index (χ0v) is 16.3. The lowest BCUT2D eigenvalue weighted by Crippen LogP contribution is -2.33. The lowest BCUT2D eigenvalue weighted by atomic mass is 10.0. The molecular weight excluding hydrogens is 356 g/mol. The monoisotopic (exact) mass is 380 g/mol. The maximum Gasteiger partial charge on any atom is 0.278 e. The molecule has 0 fully saturated rings. The van der Waals surface area contributed by atoms with Crippen LogP contribution < -0.4 is 14.8 Å². The van der Waals surface area contributed by atoms with Gasteiger partial charge in [0.2, 0.25) is 0 Å². The van der Waals surface area contributed by atoms with Gasteiger partial charge in [-0.3, -0.25) is 14.5 Å². The molecule has 0 saturated heterocycles. The van der Waals surface area contributed by atoms with Gasteiger partial charge >= 0.3 is 0 Å². The summed E-state index contributed by atoms with van der Waals surface area (Å²) in [5.41, 5.74) is 2.04. The second-order valence-corrected chi connectivity index (χ2v) is 6.32. The van der Waals surface area contributed by atoms with Gasteiger partial charge in [0.05, 0.1) is 19.3 Å². The molecule has 1 aliphatic heterocycles. The minimum Gasteiger partial charge on any atom is -0.497 e. The van der Waals surface area contributed by atoms with Crippen molar-refractivity contribution in [2.75, 3.05) is 25.6 Å². The molecule has 0 unspecified atom stereocenters. The number of benzene rings is 2. The molecule has 2 aromatic rings. The number of anilines is 1. The van der Waals surface area contributed by atoms with E-state index in [1.54, 1.807) is 43.5 Å². The summed E-state index contributed by atoms with van der Waals surface area (Å²) in [5.74, 6) is 0.838. The van der Waals surface area contributed by atoms with Crippen molar-refractivity contribution in [3.8, 4) is 11.5 Å². The lowest BCUT2D eigenvalue weighted by molar-refractivity contribution is -0.136. The SMILES string of the molecule is CCCN1C(=O)C(Nc2ccc(OC)cc2)=C(c2ccc(OCC)cc2)C1=O. The van der Waals surface area contributed by atoms with Gasteiger partial charge in [0.1, 0.15) is 17.2 Å². The fourth-order valence-corrected chi connectivity index (χ4v) is 3.09. The first-order chi connectivity index (χ1) is 13.6. The van der Waals surface area contributed by atoms with Crippen LogP contribution in [0.1, 0.15) is 25.8 Å². The quantitative estimate of drug-likeness (QED) is 0.708. The van der Waals surface area contributed by atoms with E-state index in [1.165, 1.54) is 4.90 Å². The normalized spacial score (nSPS) is 13.9. The molecule has 6 heteroatoms. The van der Waals surface area contributed by atoms with E-state index in [-0.39, 0.29) is 17.5 Å². The lowest BCUT2D eigenvalue weighted by Gasteiger charge is -2.13. The topological polar surface area (TPSA) is 67.9 Å². The Balaban J connectivity index is 1.99. The number of imide groups is 1. The van der Waals surface area contributed by atoms with Crippen LogP contribution in [0.3, 0.4) is 0 Å².